The molecule has 0 aliphatic heterocycles. The lowest BCUT2D eigenvalue weighted by Crippen LogP contribution is -2.29. The molecule has 26 nitrogen and oxygen atoms in total. The quantitative estimate of drug-likeness (QED) is 0.00539. The first kappa shape index (κ1) is 99.3. The van der Waals surface area contributed by atoms with E-state index in [0.717, 1.165) is 110 Å². The van der Waals surface area contributed by atoms with Crippen LogP contribution in [0, 0.1) is 28.7 Å². The summed E-state index contributed by atoms with van der Waals surface area (Å²) in [5.74, 6) is 7.95. The molecule has 12 aromatic carbocycles. The number of carbonyl (C=O) groups excluding carboxylic acids is 2. The van der Waals surface area contributed by atoms with E-state index in [4.69, 9.17) is 108 Å². The molecule has 0 fully saturated rings. The van der Waals surface area contributed by atoms with Crippen LogP contribution < -0.4 is 49.3 Å². The first-order chi connectivity index (χ1) is 67.3. The maximum absolute atomic E-state index is 10.6. The van der Waals surface area contributed by atoms with Crippen LogP contribution in [0.25, 0.3) is 140 Å². The van der Waals surface area contributed by atoms with Gasteiger partial charge in [-0.15, -0.1) is 0 Å². The van der Waals surface area contributed by atoms with Gasteiger partial charge in [-0.2, -0.15) is 5.26 Å². The molecule has 28 heteroatoms. The monoisotopic (exact) mass is 1910 g/mol. The second-order valence-electron chi connectivity index (χ2n) is 30.1. The van der Waals surface area contributed by atoms with Crippen molar-refractivity contribution in [3.8, 4) is 141 Å². The zero-order chi connectivity index (χ0) is 98.9. The van der Waals surface area contributed by atoms with Crippen LogP contribution in [-0.2, 0) is 4.84 Å². The topological polar surface area (TPSA) is 458 Å². The number of oxime groups is 2. The number of furan rings is 6. The number of benzene rings is 12. The number of ether oxygens (including phenoxy) is 2. The van der Waals surface area contributed by atoms with Gasteiger partial charge in [0.05, 0.1) is 20.8 Å². The fourth-order valence-corrected chi connectivity index (χ4v) is 13.7. The summed E-state index contributed by atoms with van der Waals surface area (Å²) in [6, 6.07) is 116. The summed E-state index contributed by atoms with van der Waals surface area (Å²) in [4.78, 5) is 29.1. The highest BCUT2D eigenvalue weighted by Gasteiger charge is 2.16. The van der Waals surface area contributed by atoms with E-state index in [1.165, 1.54) is 7.11 Å². The van der Waals surface area contributed by atoms with Gasteiger partial charge < -0.3 is 90.5 Å². The summed E-state index contributed by atoms with van der Waals surface area (Å²) in [5.41, 5.74) is 54.7. The first-order valence-corrected chi connectivity index (χ1v) is 43.2. The van der Waals surface area contributed by atoms with Crippen molar-refractivity contribution < 1.29 is 65.7 Å². The number of nitrogens with two attached hydrogens (primary N) is 6. The fraction of sp³-hybridized carbons (Fsp3) is 0.0270. The van der Waals surface area contributed by atoms with Crippen molar-refractivity contribution in [3.63, 3.8) is 0 Å². The van der Waals surface area contributed by atoms with Crippen LogP contribution in [0.2, 0.25) is 0 Å². The smallest absolute Gasteiger partial charge is 0.488 e. The van der Waals surface area contributed by atoms with E-state index in [2.05, 4.69) is 49.1 Å². The standard InChI is InChI=1S/C20H19N3O2.C19H17N3O2.C18H16N4O.C18H10N2O.C18H14O3.C11H7BrO2.C7H9BO3/c1-13(21)14-3-5-15(6-4-14)16-7-9-17(10-8-16)18-11-12-19(25-18)20(22)23-24-2;1-12(20)13-2-4-14(5-3-13)15-6-8-16(9-7-15)17-10-11-18(24-17)19(21)22-23;19-17(20)14-7-3-12(4-8-14)11-1-5-13(6-2-11)15-9-10-16(23-15)18(21)22;2*1-20-16-8-6-14(7-9-16)13-2-4-15(5-3-13)18-11-10-17(12-19)21-18;12-9-3-1-8(2-4-9)11-6-5-10(7-13)14-11;1-11-7-4-2-6(3-5-7)8(9)10/h3-12H,1,21H2,2H3,(H2,22,23);2-11,23H,1,20H2,(H2,21,22);1-10H,(H3,19,20)(H3,21,22);2-11H;2-12H,1H3;1-7H;2-5,9-10H,1H3. The van der Waals surface area contributed by atoms with Crippen molar-refractivity contribution in [2.45, 2.75) is 0 Å². The Morgan fingerprint density at radius 2 is 0.655 bits per heavy atom. The zero-order valence-electron chi connectivity index (χ0n) is 75.3. The Labute approximate surface area is 809 Å². The molecule has 0 aliphatic carbocycles. The number of methoxy groups -OCH3 is 2. The van der Waals surface area contributed by atoms with Crippen molar-refractivity contribution in [3.05, 3.63) is 444 Å². The number of aldehydes is 2. The van der Waals surface area contributed by atoms with Gasteiger partial charge in [0, 0.05) is 54.8 Å². The van der Waals surface area contributed by atoms with Gasteiger partial charge in [-0.3, -0.25) is 20.4 Å². The van der Waals surface area contributed by atoms with E-state index < -0.39 is 7.12 Å². The highest BCUT2D eigenvalue weighted by molar-refractivity contribution is 9.10. The highest BCUT2D eigenvalue weighted by atomic mass is 79.9. The van der Waals surface area contributed by atoms with Crippen LogP contribution in [-0.4, -0.2) is 79.6 Å². The molecule has 17 N–H and O–H groups in total. The van der Waals surface area contributed by atoms with Crippen LogP contribution in [0.3, 0.4) is 0 Å². The van der Waals surface area contributed by atoms with E-state index >= 15 is 0 Å². The molecular formula is C111H92BBrN12O14. The van der Waals surface area contributed by atoms with Crippen LogP contribution in [0.5, 0.6) is 11.5 Å². The van der Waals surface area contributed by atoms with E-state index in [9.17, 15) is 9.59 Å². The molecular weight excluding hydrogens is 1820 g/mol. The first-order valence-electron chi connectivity index (χ1n) is 42.4. The maximum Gasteiger partial charge on any atom is 0.488 e. The minimum absolute atomic E-state index is 0.0561. The third-order valence-corrected chi connectivity index (χ3v) is 21.5. The molecule has 0 amide bonds. The number of amidine groups is 4. The second kappa shape index (κ2) is 48.6. The molecule has 0 unspecified atom stereocenters. The van der Waals surface area contributed by atoms with Crippen molar-refractivity contribution in [1.82, 2.24) is 0 Å². The number of hydrogen-bond acceptors (Lipinski definition) is 21. The number of nitriles is 1. The number of halogens is 1. The average molecular weight is 1910 g/mol. The normalized spacial score (nSPS) is 10.5. The zero-order valence-corrected chi connectivity index (χ0v) is 76.8. The van der Waals surface area contributed by atoms with E-state index in [1.54, 1.807) is 105 Å². The molecule has 139 heavy (non-hydrogen) atoms. The molecule has 0 saturated heterocycles. The van der Waals surface area contributed by atoms with Crippen molar-refractivity contribution in [1.29, 1.82) is 16.1 Å². The Morgan fingerprint density at radius 3 is 0.942 bits per heavy atom. The van der Waals surface area contributed by atoms with Gasteiger partial charge in [-0.25, -0.2) is 4.85 Å². The lowest BCUT2D eigenvalue weighted by atomic mass is 9.80. The average Bonchev–Trinajstić information content (AvgIpc) is 1.77. The molecule has 6 heterocycles. The van der Waals surface area contributed by atoms with Crippen LogP contribution >= 0.6 is 15.9 Å². The number of hydrogen-bond donors (Lipinski definition) is 11. The Morgan fingerprint density at radius 1 is 0.374 bits per heavy atom. The number of nitrogens with zero attached hydrogens (tertiary/aromatic N) is 4. The number of carbonyl (C=O) groups is 2. The molecule has 0 aliphatic rings. The minimum Gasteiger partial charge on any atom is -0.497 e. The molecule has 0 spiro atoms. The van der Waals surface area contributed by atoms with E-state index in [0.29, 0.717) is 116 Å². The Kier molecular flexibility index (Phi) is 34.7. The van der Waals surface area contributed by atoms with Crippen molar-refractivity contribution in [2.75, 3.05) is 21.3 Å². The summed E-state index contributed by atoms with van der Waals surface area (Å²) in [5, 5.41) is 56.2. The number of rotatable bonds is 23. The Balaban J connectivity index is 0.000000147. The second-order valence-corrected chi connectivity index (χ2v) is 31.0. The fourth-order valence-electron chi connectivity index (χ4n) is 13.4. The summed E-state index contributed by atoms with van der Waals surface area (Å²) in [6.45, 7) is 14.4. The predicted octanol–water partition coefficient (Wildman–Crippen LogP) is 23.0. The third-order valence-electron chi connectivity index (χ3n) is 20.9. The van der Waals surface area contributed by atoms with E-state index in [1.807, 2.05) is 279 Å². The molecule has 18 aromatic rings. The number of nitrogens with one attached hydrogen (secondary N) is 2. The van der Waals surface area contributed by atoms with Crippen LogP contribution in [0.1, 0.15) is 60.8 Å². The largest absolute Gasteiger partial charge is 0.497 e. The Hall–Kier alpha value is -18.7. The van der Waals surface area contributed by atoms with Gasteiger partial charge in [0.2, 0.25) is 17.4 Å². The molecule has 0 radical (unpaired) electrons. The van der Waals surface area contributed by atoms with Gasteiger partial charge in [0.25, 0.3) is 0 Å². The van der Waals surface area contributed by atoms with E-state index in [-0.39, 0.29) is 23.3 Å². The van der Waals surface area contributed by atoms with Gasteiger partial charge in [0.1, 0.15) is 65.1 Å². The van der Waals surface area contributed by atoms with Gasteiger partial charge in [-0.05, 0) is 181 Å². The third kappa shape index (κ3) is 27.5. The van der Waals surface area contributed by atoms with Crippen molar-refractivity contribution >= 4 is 81.5 Å². The predicted molar refractivity (Wildman–Crippen MR) is 550 cm³/mol. The molecule has 0 saturated carbocycles. The Bertz CT molecular complexity index is 7320. The lowest BCUT2D eigenvalue weighted by molar-refractivity contribution is 0.109. The lowest BCUT2D eigenvalue weighted by Gasteiger charge is -2.05. The highest BCUT2D eigenvalue weighted by Crippen LogP contribution is 2.35. The summed E-state index contributed by atoms with van der Waals surface area (Å²) >= 11 is 3.35. The maximum atomic E-state index is 10.6. The van der Waals surface area contributed by atoms with Gasteiger partial charge >= 0.3 is 7.12 Å². The van der Waals surface area contributed by atoms with Crippen LogP contribution in [0.4, 0.5) is 5.69 Å². The summed E-state index contributed by atoms with van der Waals surface area (Å²) in [6.07, 6.45) is 1.40. The molecule has 6 aromatic heterocycles. The minimum atomic E-state index is -1.40. The molecule has 0 bridgehead atoms. The van der Waals surface area contributed by atoms with Gasteiger partial charge in [-0.1, -0.05) is 294 Å². The van der Waals surface area contributed by atoms with Gasteiger partial charge in [0.15, 0.2) is 52.9 Å². The number of nitrogen functional groups attached to an aromatic ring is 2. The molecule has 690 valence electrons. The van der Waals surface area contributed by atoms with Crippen molar-refractivity contribution in [2.24, 2.45) is 44.7 Å². The summed E-state index contributed by atoms with van der Waals surface area (Å²) in [7, 11) is 3.25. The van der Waals surface area contributed by atoms with Crippen LogP contribution in [0.15, 0.2) is 418 Å². The molecule has 18 rings (SSSR count). The molecule has 0 atom stereocenters. The SMILES string of the molecule is C=C(N)c1ccc(-c2ccc(-c3ccc(/C(N)=N\O)o3)cc2)cc1.C=C(N)c1ccc(-c2ccc(-c3ccc(/C(N)=N\OC)o3)cc2)cc1.COc1ccc(-c2ccc(-c3ccc(C=O)o3)cc2)cc1.COc1ccc(B(O)O)cc1.N=C(N)c1ccc(-c2ccc(-c3ccc(C(=N)N)o3)cc2)cc1.O=Cc1ccc(-c2ccc(Br)cc2)o1.[C-]#[N+]c1ccc(-c2ccc(-c3ccc(C#N)o3)cc2)cc1. The summed E-state index contributed by atoms with van der Waals surface area (Å²) < 4.78 is 44.0.